The highest BCUT2D eigenvalue weighted by Gasteiger charge is 2.46. The lowest BCUT2D eigenvalue weighted by molar-refractivity contribution is -0.0401. The average molecular weight is 315 g/mol. The van der Waals surface area contributed by atoms with Crippen LogP contribution in [-0.4, -0.2) is 23.4 Å². The Morgan fingerprint density at radius 2 is 1.53 bits per heavy atom. The van der Waals surface area contributed by atoms with Crippen LogP contribution in [0.4, 0.5) is 13.2 Å². The third-order valence-corrected chi connectivity index (χ3v) is 6.58. The van der Waals surface area contributed by atoms with E-state index in [1.54, 1.807) is 0 Å². The van der Waals surface area contributed by atoms with Crippen LogP contribution >= 0.6 is 0 Å². The topological polar surface area (TPSA) is 63.6 Å². The Hall–Kier alpha value is -1.09. The van der Waals surface area contributed by atoms with Gasteiger partial charge in [0, 0.05) is 0 Å². The van der Waals surface area contributed by atoms with Gasteiger partial charge in [-0.05, 0) is 26.0 Å². The van der Waals surface area contributed by atoms with E-state index in [2.05, 4.69) is 3.77 Å². The Balaban J connectivity index is 3.68. The van der Waals surface area contributed by atoms with Crippen LogP contribution < -0.4 is 0 Å². The summed E-state index contributed by atoms with van der Waals surface area (Å²) in [4.78, 5) is -0.674. The van der Waals surface area contributed by atoms with Gasteiger partial charge < -0.3 is 0 Å². The van der Waals surface area contributed by atoms with Gasteiger partial charge in [0.25, 0.3) is 10.0 Å². The lowest BCUT2D eigenvalue weighted by atomic mass is 10.4. The summed E-state index contributed by atoms with van der Waals surface area (Å²) < 4.78 is 76.6. The van der Waals surface area contributed by atoms with Crippen LogP contribution in [0.25, 0.3) is 0 Å². The number of sulfonamides is 1. The Labute approximate surface area is 109 Å². The summed E-state index contributed by atoms with van der Waals surface area (Å²) in [7, 11) is -9.51. The van der Waals surface area contributed by atoms with Crippen molar-refractivity contribution in [3.63, 3.8) is 0 Å². The number of hydrogen-bond donors (Lipinski definition) is 0. The van der Waals surface area contributed by atoms with E-state index in [-0.39, 0.29) is 0 Å². The van der Waals surface area contributed by atoms with Crippen LogP contribution in [0.1, 0.15) is 13.8 Å². The van der Waals surface area contributed by atoms with E-state index in [4.69, 9.17) is 0 Å². The minimum Gasteiger partial charge on any atom is -0.235 e. The first-order valence-electron chi connectivity index (χ1n) is 5.14. The molecule has 0 aliphatic carbocycles. The smallest absolute Gasteiger partial charge is 0.235 e. The van der Waals surface area contributed by atoms with Gasteiger partial charge in [-0.2, -0.15) is 13.2 Å². The van der Waals surface area contributed by atoms with Crippen molar-refractivity contribution in [3.8, 4) is 0 Å². The van der Waals surface area contributed by atoms with Crippen molar-refractivity contribution in [2.45, 2.75) is 29.5 Å². The molecule has 0 heterocycles. The molecular weight excluding hydrogens is 303 g/mol. The minimum absolute atomic E-state index is 0.674. The third-order valence-electron chi connectivity index (χ3n) is 2.18. The molecule has 19 heavy (non-hydrogen) atoms. The van der Waals surface area contributed by atoms with Crippen molar-refractivity contribution in [2.75, 3.05) is 0 Å². The Morgan fingerprint density at radius 1 is 1.05 bits per heavy atom. The molecule has 9 heteroatoms. The predicted octanol–water partition coefficient (Wildman–Crippen LogP) is 2.77. The molecule has 4 nitrogen and oxygen atoms in total. The molecule has 1 atom stereocenters. The molecule has 0 amide bonds. The highest BCUT2D eigenvalue weighted by molar-refractivity contribution is 8.04. The van der Waals surface area contributed by atoms with E-state index in [1.165, 1.54) is 32.0 Å². The summed E-state index contributed by atoms with van der Waals surface area (Å²) >= 11 is 0. The summed E-state index contributed by atoms with van der Waals surface area (Å²) in [5, 5.41) is -1.18. The lowest BCUT2D eigenvalue weighted by Crippen LogP contribution is -2.26. The van der Waals surface area contributed by atoms with Crippen molar-refractivity contribution in [1.29, 1.82) is 0 Å². The molecule has 0 spiro atoms. The normalized spacial score (nSPS) is 16.1. The molecule has 108 valence electrons. The van der Waals surface area contributed by atoms with Crippen molar-refractivity contribution in [3.05, 3.63) is 30.3 Å². The fraction of sp³-hybridized carbons (Fsp3) is 0.400. The summed E-state index contributed by atoms with van der Waals surface area (Å²) in [6.45, 7) is 2.33. The summed E-state index contributed by atoms with van der Waals surface area (Å²) in [6.07, 6.45) is 0. The highest BCUT2D eigenvalue weighted by Crippen LogP contribution is 2.33. The zero-order chi connectivity index (χ0) is 14.9. The molecule has 0 radical (unpaired) electrons. The van der Waals surface area contributed by atoms with Gasteiger partial charge in [-0.25, -0.2) is 12.6 Å². The monoisotopic (exact) mass is 315 g/mol. The average Bonchev–Trinajstić information content (AvgIpc) is 2.27. The quantitative estimate of drug-likeness (QED) is 0.861. The van der Waals surface area contributed by atoms with Gasteiger partial charge in [0.15, 0.2) is 9.73 Å². The molecule has 1 aromatic rings. The van der Waals surface area contributed by atoms with Crippen molar-refractivity contribution < 1.29 is 25.8 Å². The molecule has 1 aromatic carbocycles. The summed E-state index contributed by atoms with van der Waals surface area (Å²) in [6, 6.07) is 5.78. The maximum absolute atomic E-state index is 13.0. The zero-order valence-corrected chi connectivity index (χ0v) is 11.7. The fourth-order valence-electron chi connectivity index (χ4n) is 1.06. The molecular formula is C10H12F3NO3S2. The fourth-order valence-corrected chi connectivity index (χ4v) is 4.39. The van der Waals surface area contributed by atoms with Gasteiger partial charge >= 0.3 is 5.51 Å². The SMILES string of the molecule is CC(C)S(=O)(=O)N=S(=O)(c1ccccc1)C(F)(F)F. The van der Waals surface area contributed by atoms with Gasteiger partial charge in [0.2, 0.25) is 0 Å². The molecule has 0 aromatic heterocycles. The van der Waals surface area contributed by atoms with Gasteiger partial charge in [-0.1, -0.05) is 22.0 Å². The Bertz CT molecular complexity index is 657. The second-order valence-corrected chi connectivity index (χ2v) is 8.48. The second-order valence-electron chi connectivity index (χ2n) is 3.92. The predicted molar refractivity (Wildman–Crippen MR) is 65.4 cm³/mol. The van der Waals surface area contributed by atoms with Crippen molar-refractivity contribution in [1.82, 2.24) is 0 Å². The van der Waals surface area contributed by atoms with Crippen molar-refractivity contribution in [2.24, 2.45) is 3.77 Å². The number of halogens is 3. The number of nitrogens with zero attached hydrogens (tertiary/aromatic N) is 1. The first-order valence-corrected chi connectivity index (χ1v) is 8.16. The molecule has 0 aliphatic heterocycles. The molecule has 0 saturated heterocycles. The Morgan fingerprint density at radius 3 is 1.89 bits per heavy atom. The molecule has 1 unspecified atom stereocenters. The first kappa shape index (κ1) is 16.0. The van der Waals surface area contributed by atoms with Crippen LogP contribution in [0.2, 0.25) is 0 Å². The molecule has 1 rings (SSSR count). The van der Waals surface area contributed by atoms with Gasteiger partial charge in [0.05, 0.1) is 10.1 Å². The standard InChI is InChI=1S/C10H12F3NO3S2/c1-8(2)19(16,17)14-18(15,10(11,12)13)9-6-4-3-5-7-9/h3-8H,1-2H3. The molecule has 0 bridgehead atoms. The van der Waals surface area contributed by atoms with E-state index in [9.17, 15) is 25.8 Å². The van der Waals surface area contributed by atoms with Crippen molar-refractivity contribution >= 4 is 19.8 Å². The number of hydrogen-bond acceptors (Lipinski definition) is 3. The maximum Gasteiger partial charge on any atom is 0.484 e. The van der Waals surface area contributed by atoms with E-state index >= 15 is 0 Å². The highest BCUT2D eigenvalue weighted by atomic mass is 32.3. The van der Waals surface area contributed by atoms with E-state index in [0.29, 0.717) is 0 Å². The van der Waals surface area contributed by atoms with Crippen LogP contribution in [0.5, 0.6) is 0 Å². The Kier molecular flexibility index (Phi) is 4.30. The number of benzene rings is 1. The van der Waals surface area contributed by atoms with E-state index in [1.807, 2.05) is 0 Å². The molecule has 0 saturated carbocycles. The van der Waals surface area contributed by atoms with Gasteiger partial charge in [0.1, 0.15) is 0 Å². The molecule has 0 fully saturated rings. The van der Waals surface area contributed by atoms with Crippen LogP contribution in [0.15, 0.2) is 39.0 Å². The van der Waals surface area contributed by atoms with Crippen LogP contribution in [-0.2, 0) is 19.8 Å². The van der Waals surface area contributed by atoms with E-state index < -0.39 is 35.4 Å². The molecule has 0 aliphatic rings. The summed E-state index contributed by atoms with van der Waals surface area (Å²) in [5.74, 6) is 0. The van der Waals surface area contributed by atoms with Gasteiger partial charge in [-0.3, -0.25) is 0 Å². The largest absolute Gasteiger partial charge is 0.484 e. The zero-order valence-electron chi connectivity index (χ0n) is 10.1. The third kappa shape index (κ3) is 3.27. The van der Waals surface area contributed by atoms with Crippen LogP contribution in [0.3, 0.4) is 0 Å². The lowest BCUT2D eigenvalue weighted by Gasteiger charge is -2.14. The second kappa shape index (κ2) is 5.12. The van der Waals surface area contributed by atoms with Gasteiger partial charge in [-0.15, -0.1) is 0 Å². The number of alkyl halides is 3. The van der Waals surface area contributed by atoms with Crippen LogP contribution in [0, 0.1) is 0 Å². The molecule has 0 N–H and O–H groups in total. The maximum atomic E-state index is 13.0. The number of rotatable bonds is 3. The first-order chi connectivity index (χ1) is 8.51. The summed E-state index contributed by atoms with van der Waals surface area (Å²) in [5.41, 5.74) is -5.27. The minimum atomic E-state index is -5.27. The van der Waals surface area contributed by atoms with E-state index in [0.717, 1.165) is 12.1 Å².